The van der Waals surface area contributed by atoms with Crippen LogP contribution in [0.15, 0.2) is 0 Å². The fourth-order valence-electron chi connectivity index (χ4n) is 0.140. The molecule has 2 nitrogen and oxygen atoms in total. The smallest absolute Gasteiger partial charge is 0.322 e. The van der Waals surface area contributed by atoms with Crippen LogP contribution in [0.5, 0.6) is 0 Å². The van der Waals surface area contributed by atoms with E-state index >= 15 is 0 Å². The first-order valence-corrected chi connectivity index (χ1v) is 3.07. The lowest BCUT2D eigenvalue weighted by molar-refractivity contribution is -0.127. The molecule has 0 aromatic rings. The van der Waals surface area contributed by atoms with Crippen LogP contribution in [0.4, 0.5) is 8.78 Å². The van der Waals surface area contributed by atoms with E-state index in [0.29, 0.717) is 0 Å². The maximum Gasteiger partial charge on any atom is 0.322 e. The Morgan fingerprint density at radius 2 is 1.60 bits per heavy atom. The summed E-state index contributed by atoms with van der Waals surface area (Å²) in [5.74, 6) is -1.78. The van der Waals surface area contributed by atoms with Gasteiger partial charge in [0.1, 0.15) is 0 Å². The highest BCUT2D eigenvalue weighted by Crippen LogP contribution is 2.41. The second-order valence-electron chi connectivity index (χ2n) is 1.44. The third kappa shape index (κ3) is 1.84. The normalized spacial score (nSPS) is 18.1. The molecule has 2 N–H and O–H groups in total. The van der Waals surface area contributed by atoms with E-state index in [9.17, 15) is 13.6 Å². The monoisotopic (exact) mass is 211 g/mol. The summed E-state index contributed by atoms with van der Waals surface area (Å²) in [6.07, 6.45) is 0. The molecule has 0 saturated carbocycles. The Morgan fingerprint density at radius 3 is 1.60 bits per heavy atom. The molecule has 0 bridgehead atoms. The second kappa shape index (κ2) is 2.68. The van der Waals surface area contributed by atoms with Crippen molar-refractivity contribution >= 4 is 40.7 Å². The molecule has 0 aliphatic heterocycles. The van der Waals surface area contributed by atoms with Crippen LogP contribution in [0.3, 0.4) is 0 Å². The number of rotatable bonds is 2. The highest BCUT2D eigenvalue weighted by molar-refractivity contribution is 6.55. The van der Waals surface area contributed by atoms with Crippen LogP contribution in [-0.4, -0.2) is 15.6 Å². The molecule has 0 aromatic heterocycles. The quantitative estimate of drug-likeness (QED) is 0.692. The molecule has 0 rings (SSSR count). The zero-order valence-electron chi connectivity index (χ0n) is 4.38. The molecule has 0 aromatic carbocycles. The number of nitrogens with two attached hydrogens (primary N) is 1. The van der Waals surface area contributed by atoms with Crippen LogP contribution in [0, 0.1) is 0 Å². The number of halogens is 5. The Morgan fingerprint density at radius 1 is 1.30 bits per heavy atom. The average Bonchev–Trinajstić information content (AvgIpc) is 1.62. The Bertz CT molecular complexity index is 154. The molecule has 0 heterocycles. The number of amides is 1. The van der Waals surface area contributed by atoms with E-state index in [4.69, 9.17) is 0 Å². The van der Waals surface area contributed by atoms with E-state index in [2.05, 4.69) is 40.5 Å². The number of hydrogen-bond donors (Lipinski definition) is 1. The zero-order chi connectivity index (χ0) is 8.58. The maximum atomic E-state index is 12.4. The fraction of sp³-hybridized carbons (Fsp3) is 0.667. The summed E-state index contributed by atoms with van der Waals surface area (Å²) in [6.45, 7) is 0. The molecule has 0 fully saturated rings. The molecular weight excluding hydrogens is 210 g/mol. The van der Waals surface area contributed by atoms with E-state index in [1.807, 2.05) is 0 Å². The van der Waals surface area contributed by atoms with Crippen molar-refractivity contribution in [3.8, 4) is 0 Å². The predicted molar refractivity (Wildman–Crippen MR) is 34.4 cm³/mol. The van der Waals surface area contributed by atoms with E-state index < -0.39 is 15.6 Å². The van der Waals surface area contributed by atoms with Gasteiger partial charge in [0.25, 0.3) is 5.91 Å². The first-order chi connectivity index (χ1) is 4.19. The SMILES string of the molecule is NC(=O)C(F)(Cl)C(F)(Cl)Cl. The van der Waals surface area contributed by atoms with E-state index in [1.54, 1.807) is 0 Å². The summed E-state index contributed by atoms with van der Waals surface area (Å²) < 4.78 is 21.0. The zero-order valence-corrected chi connectivity index (χ0v) is 6.64. The molecule has 7 heteroatoms. The first kappa shape index (κ1) is 10.2. The highest BCUT2D eigenvalue weighted by atomic mass is 35.5. The summed E-state index contributed by atoms with van der Waals surface area (Å²) in [5, 5.41) is -3.59. The summed E-state index contributed by atoms with van der Waals surface area (Å²) in [4.78, 5) is 9.97. The van der Waals surface area contributed by atoms with Crippen LogP contribution >= 0.6 is 34.8 Å². The topological polar surface area (TPSA) is 43.1 Å². The second-order valence-corrected chi connectivity index (χ2v) is 3.19. The number of hydrogen-bond acceptors (Lipinski definition) is 1. The van der Waals surface area contributed by atoms with Gasteiger partial charge in [-0.25, -0.2) is 8.78 Å². The van der Waals surface area contributed by atoms with Gasteiger partial charge >= 0.3 is 9.72 Å². The predicted octanol–water partition coefficient (Wildman–Crippen LogP) is 1.48. The summed E-state index contributed by atoms with van der Waals surface area (Å²) in [6, 6.07) is 0. The Balaban J connectivity index is 4.57. The molecular formula is C3H2Cl3F2NO. The Labute approximate surface area is 70.2 Å². The Kier molecular flexibility index (Phi) is 2.73. The molecule has 0 spiro atoms. The van der Waals surface area contributed by atoms with Crippen LogP contribution in [-0.2, 0) is 4.79 Å². The van der Waals surface area contributed by atoms with E-state index in [0.717, 1.165) is 0 Å². The molecule has 10 heavy (non-hydrogen) atoms. The Hall–Kier alpha value is 0.200. The number of carbonyl (C=O) groups is 1. The van der Waals surface area contributed by atoms with Crippen LogP contribution < -0.4 is 5.73 Å². The van der Waals surface area contributed by atoms with Crippen LogP contribution in [0.2, 0.25) is 0 Å². The van der Waals surface area contributed by atoms with Crippen molar-refractivity contribution < 1.29 is 13.6 Å². The molecule has 0 radical (unpaired) electrons. The van der Waals surface area contributed by atoms with Gasteiger partial charge in [0.05, 0.1) is 0 Å². The number of carbonyl (C=O) groups excluding carboxylic acids is 1. The van der Waals surface area contributed by atoms with Crippen molar-refractivity contribution in [3.05, 3.63) is 0 Å². The minimum absolute atomic E-state index is 1.78. The molecule has 0 saturated heterocycles. The van der Waals surface area contributed by atoms with Crippen LogP contribution in [0.1, 0.15) is 0 Å². The molecule has 1 atom stereocenters. The van der Waals surface area contributed by atoms with Gasteiger partial charge in [0, 0.05) is 0 Å². The van der Waals surface area contributed by atoms with Gasteiger partial charge in [0.15, 0.2) is 0 Å². The molecule has 60 valence electrons. The van der Waals surface area contributed by atoms with Crippen molar-refractivity contribution in [1.82, 2.24) is 0 Å². The van der Waals surface area contributed by atoms with Crippen molar-refractivity contribution in [2.45, 2.75) is 9.72 Å². The fourth-order valence-corrected chi connectivity index (χ4v) is 0.326. The molecule has 1 unspecified atom stereocenters. The van der Waals surface area contributed by atoms with Gasteiger partial charge in [-0.2, -0.15) is 0 Å². The van der Waals surface area contributed by atoms with Gasteiger partial charge in [-0.3, -0.25) is 4.79 Å². The largest absolute Gasteiger partial charge is 0.366 e. The van der Waals surface area contributed by atoms with E-state index in [1.165, 1.54) is 0 Å². The summed E-state index contributed by atoms with van der Waals surface area (Å²) in [7, 11) is 0. The molecule has 0 aliphatic rings. The van der Waals surface area contributed by atoms with Crippen molar-refractivity contribution in [3.63, 3.8) is 0 Å². The lowest BCUT2D eigenvalue weighted by Gasteiger charge is -2.19. The number of primary amides is 1. The van der Waals surface area contributed by atoms with Gasteiger partial charge in [0.2, 0.25) is 0 Å². The minimum Gasteiger partial charge on any atom is -0.366 e. The number of alkyl halides is 5. The van der Waals surface area contributed by atoms with Crippen molar-refractivity contribution in [1.29, 1.82) is 0 Å². The van der Waals surface area contributed by atoms with Crippen LogP contribution in [0.25, 0.3) is 0 Å². The van der Waals surface area contributed by atoms with Gasteiger partial charge in [-0.1, -0.05) is 34.8 Å². The molecule has 1 amide bonds. The van der Waals surface area contributed by atoms with Gasteiger partial charge < -0.3 is 5.73 Å². The van der Waals surface area contributed by atoms with Crippen molar-refractivity contribution in [2.24, 2.45) is 5.73 Å². The standard InChI is InChI=1S/C3H2Cl3F2NO/c4-2(7,1(9)10)3(5,6)8/h(H2,9,10). The average molecular weight is 212 g/mol. The highest BCUT2D eigenvalue weighted by Gasteiger charge is 2.55. The molecule has 0 aliphatic carbocycles. The minimum atomic E-state index is -3.59. The third-order valence-electron chi connectivity index (χ3n) is 0.665. The lowest BCUT2D eigenvalue weighted by Crippen LogP contribution is -2.45. The van der Waals surface area contributed by atoms with Gasteiger partial charge in [-0.15, -0.1) is 0 Å². The third-order valence-corrected chi connectivity index (χ3v) is 1.83. The summed E-state index contributed by atoms with van der Waals surface area (Å²) >= 11 is 13.6. The summed E-state index contributed by atoms with van der Waals surface area (Å²) in [5.41, 5.74) is 4.30. The van der Waals surface area contributed by atoms with E-state index in [-0.39, 0.29) is 0 Å². The van der Waals surface area contributed by atoms with Gasteiger partial charge in [-0.05, 0) is 0 Å². The van der Waals surface area contributed by atoms with Crippen molar-refractivity contribution in [2.75, 3.05) is 0 Å². The lowest BCUT2D eigenvalue weighted by atomic mass is 10.4. The first-order valence-electron chi connectivity index (χ1n) is 1.94. The maximum absolute atomic E-state index is 12.4.